The second-order valence-corrected chi connectivity index (χ2v) is 3.83. The van der Waals surface area contributed by atoms with Crippen LogP contribution in [0.3, 0.4) is 0 Å². The molecule has 0 aliphatic carbocycles. The Bertz CT molecular complexity index is 521. The van der Waals surface area contributed by atoms with Crippen LogP contribution in [0.25, 0.3) is 11.0 Å². The fraction of sp³-hybridized carbons (Fsp3) is 0.375. The van der Waals surface area contributed by atoms with Crippen molar-refractivity contribution in [2.75, 3.05) is 13.7 Å². The van der Waals surface area contributed by atoms with Gasteiger partial charge in [0.2, 0.25) is 11.2 Å². The van der Waals surface area contributed by atoms with Crippen LogP contribution in [0.4, 0.5) is 0 Å². The van der Waals surface area contributed by atoms with Gasteiger partial charge in [0.1, 0.15) is 5.39 Å². The Morgan fingerprint density at radius 2 is 2.24 bits per heavy atom. The Labute approximate surface area is 106 Å². The number of H-pyrrole nitrogens is 1. The van der Waals surface area contributed by atoms with Gasteiger partial charge in [-0.15, -0.1) is 0 Å². The van der Waals surface area contributed by atoms with Crippen molar-refractivity contribution in [2.45, 2.75) is 11.9 Å². The first-order valence-corrected chi connectivity index (χ1v) is 5.80. The molecule has 17 heavy (non-hydrogen) atoms. The summed E-state index contributed by atoms with van der Waals surface area (Å²) in [5, 5.41) is 7.94. The Morgan fingerprint density at radius 3 is 2.94 bits per heavy atom. The zero-order chi connectivity index (χ0) is 12.3. The lowest BCUT2D eigenvalue weighted by atomic mass is 10.4. The van der Waals surface area contributed by atoms with E-state index in [1.807, 2.05) is 6.92 Å². The third-order valence-corrected chi connectivity index (χ3v) is 2.61. The lowest BCUT2D eigenvalue weighted by Gasteiger charge is -2.03. The summed E-state index contributed by atoms with van der Waals surface area (Å²) in [7, 11) is 1.40. The summed E-state index contributed by atoms with van der Waals surface area (Å²) in [5.74, 6) is 0.360. The molecule has 0 saturated carbocycles. The second-order valence-electron chi connectivity index (χ2n) is 2.80. The number of fused-ring (bicyclic) bond motifs is 1. The van der Waals surface area contributed by atoms with E-state index in [9.17, 15) is 0 Å². The molecule has 2 heterocycles. The molecule has 9 heteroatoms. The molecule has 1 N–H and O–H groups in total. The minimum atomic E-state index is 0.0915. The van der Waals surface area contributed by atoms with E-state index in [1.165, 1.54) is 7.11 Å². The topological polar surface area (TPSA) is 82.2 Å². The zero-order valence-corrected chi connectivity index (χ0v) is 10.6. The van der Waals surface area contributed by atoms with Crippen LogP contribution in [0.2, 0.25) is 5.28 Å². The van der Waals surface area contributed by atoms with Crippen molar-refractivity contribution in [3.8, 4) is 5.88 Å². The number of hydrogen-bond donors (Lipinski definition) is 1. The fourth-order valence-corrected chi connectivity index (χ4v) is 1.86. The third kappa shape index (κ3) is 2.60. The van der Waals surface area contributed by atoms with Crippen molar-refractivity contribution in [3.63, 3.8) is 0 Å². The molecule has 0 saturated heterocycles. The molecule has 92 valence electrons. The highest BCUT2D eigenvalue weighted by atomic mass is 35.5. The van der Waals surface area contributed by atoms with Crippen molar-refractivity contribution in [1.82, 2.24) is 20.2 Å². The maximum absolute atomic E-state index is 5.76. The summed E-state index contributed by atoms with van der Waals surface area (Å²) in [6.07, 6.45) is 0. The first-order valence-electron chi connectivity index (χ1n) is 4.68. The minimum Gasteiger partial charge on any atom is -0.477 e. The van der Waals surface area contributed by atoms with Gasteiger partial charge in [0.15, 0.2) is 10.7 Å². The van der Waals surface area contributed by atoms with Crippen molar-refractivity contribution in [1.29, 1.82) is 0 Å². The number of aromatic amines is 1. The van der Waals surface area contributed by atoms with Crippen molar-refractivity contribution >= 4 is 34.7 Å². The van der Waals surface area contributed by atoms with Gasteiger partial charge in [0.25, 0.3) is 0 Å². The summed E-state index contributed by atoms with van der Waals surface area (Å²) in [6, 6.07) is 0. The van der Waals surface area contributed by atoms with E-state index in [1.54, 1.807) is 0 Å². The van der Waals surface area contributed by atoms with E-state index in [4.69, 9.17) is 20.7 Å². The number of halogens is 1. The maximum Gasteiger partial charge on any atom is 0.230 e. The van der Waals surface area contributed by atoms with Gasteiger partial charge in [-0.25, -0.2) is 4.89 Å². The van der Waals surface area contributed by atoms with Crippen molar-refractivity contribution in [3.05, 3.63) is 5.28 Å². The highest BCUT2D eigenvalue weighted by molar-refractivity contribution is 7.94. The molecule has 0 spiro atoms. The average molecular weight is 277 g/mol. The Morgan fingerprint density at radius 1 is 1.41 bits per heavy atom. The van der Waals surface area contributed by atoms with Gasteiger partial charge in [-0.2, -0.15) is 19.4 Å². The largest absolute Gasteiger partial charge is 0.477 e. The lowest BCUT2D eigenvalue weighted by Crippen LogP contribution is -1.97. The molecule has 0 aliphatic rings. The standard InChI is InChI=1S/C8H9ClN4O3S/c1-3-15-6-4-5(10-8(9)11-6)12-13-7(4)17-16-14-2/h3H2,1-2H3,(H,10,11,12,13). The van der Waals surface area contributed by atoms with Crippen LogP contribution in [0.1, 0.15) is 6.92 Å². The van der Waals surface area contributed by atoms with Crippen LogP contribution in [-0.2, 0) is 9.22 Å². The smallest absolute Gasteiger partial charge is 0.230 e. The van der Waals surface area contributed by atoms with Crippen LogP contribution in [-0.4, -0.2) is 33.9 Å². The number of aromatic nitrogens is 4. The number of ether oxygens (including phenoxy) is 1. The summed E-state index contributed by atoms with van der Waals surface area (Å²) >= 11 is 6.70. The van der Waals surface area contributed by atoms with E-state index >= 15 is 0 Å². The van der Waals surface area contributed by atoms with E-state index in [0.29, 0.717) is 28.5 Å². The number of hydrogen-bond acceptors (Lipinski definition) is 7. The Kier molecular flexibility index (Phi) is 4.00. The van der Waals surface area contributed by atoms with E-state index in [-0.39, 0.29) is 5.28 Å². The molecule has 0 fully saturated rings. The van der Waals surface area contributed by atoms with Crippen LogP contribution in [0.5, 0.6) is 5.88 Å². The van der Waals surface area contributed by atoms with Crippen LogP contribution in [0.15, 0.2) is 5.03 Å². The summed E-state index contributed by atoms with van der Waals surface area (Å²) in [4.78, 5) is 12.5. The van der Waals surface area contributed by atoms with Gasteiger partial charge in [-0.1, -0.05) is 0 Å². The molecule has 2 rings (SSSR count). The van der Waals surface area contributed by atoms with Crippen molar-refractivity contribution in [2.24, 2.45) is 0 Å². The lowest BCUT2D eigenvalue weighted by molar-refractivity contribution is -0.160. The van der Waals surface area contributed by atoms with Crippen molar-refractivity contribution < 1.29 is 14.0 Å². The molecular weight excluding hydrogens is 268 g/mol. The van der Waals surface area contributed by atoms with Crippen LogP contribution < -0.4 is 4.74 Å². The van der Waals surface area contributed by atoms with Gasteiger partial charge in [0.05, 0.1) is 25.8 Å². The molecule has 0 radical (unpaired) electrons. The van der Waals surface area contributed by atoms with Gasteiger partial charge in [-0.3, -0.25) is 5.10 Å². The first kappa shape index (κ1) is 12.4. The van der Waals surface area contributed by atoms with Gasteiger partial charge in [0, 0.05) is 0 Å². The fourth-order valence-electron chi connectivity index (χ4n) is 1.22. The monoisotopic (exact) mass is 276 g/mol. The van der Waals surface area contributed by atoms with Gasteiger partial charge in [-0.05, 0) is 18.5 Å². The zero-order valence-electron chi connectivity index (χ0n) is 9.06. The van der Waals surface area contributed by atoms with Crippen LogP contribution >= 0.6 is 23.6 Å². The van der Waals surface area contributed by atoms with Crippen LogP contribution in [0, 0.1) is 0 Å². The quantitative estimate of drug-likeness (QED) is 0.387. The molecule has 0 bridgehead atoms. The Hall–Kier alpha value is -1.09. The van der Waals surface area contributed by atoms with E-state index in [0.717, 1.165) is 12.0 Å². The molecule has 0 unspecified atom stereocenters. The second kappa shape index (κ2) is 5.50. The first-order chi connectivity index (χ1) is 8.26. The highest BCUT2D eigenvalue weighted by Crippen LogP contribution is 2.32. The van der Waals surface area contributed by atoms with Gasteiger partial charge < -0.3 is 4.74 Å². The average Bonchev–Trinajstić information content (AvgIpc) is 2.69. The molecule has 0 amide bonds. The third-order valence-electron chi connectivity index (χ3n) is 1.79. The molecule has 0 aliphatic heterocycles. The van der Waals surface area contributed by atoms with E-state index in [2.05, 4.69) is 25.1 Å². The SMILES string of the molecule is CCOc1nc(Cl)nc2[nH]nc(SOOC)c12. The summed E-state index contributed by atoms with van der Waals surface area (Å²) in [5.41, 5.74) is 0.482. The maximum atomic E-state index is 5.76. The number of rotatable bonds is 5. The highest BCUT2D eigenvalue weighted by Gasteiger charge is 2.17. The number of nitrogens with zero attached hydrogens (tertiary/aromatic N) is 3. The molecule has 0 atom stereocenters. The number of nitrogens with one attached hydrogen (secondary N) is 1. The normalized spacial score (nSPS) is 11.0. The van der Waals surface area contributed by atoms with E-state index < -0.39 is 0 Å². The molecule has 7 nitrogen and oxygen atoms in total. The Balaban J connectivity index is 2.48. The molecule has 2 aromatic rings. The predicted molar refractivity (Wildman–Crippen MR) is 61.8 cm³/mol. The van der Waals surface area contributed by atoms with Gasteiger partial charge >= 0.3 is 0 Å². The summed E-state index contributed by atoms with van der Waals surface area (Å²) in [6.45, 7) is 2.31. The summed E-state index contributed by atoms with van der Waals surface area (Å²) < 4.78 is 10.1. The molecule has 2 aromatic heterocycles. The predicted octanol–water partition coefficient (Wildman–Crippen LogP) is 1.99. The molecular formula is C8H9ClN4O3S. The molecule has 0 aromatic carbocycles. The minimum absolute atomic E-state index is 0.0915.